The summed E-state index contributed by atoms with van der Waals surface area (Å²) in [6.07, 6.45) is 14.1. The van der Waals surface area contributed by atoms with Gasteiger partial charge in [0.25, 0.3) is 0 Å². The van der Waals surface area contributed by atoms with Gasteiger partial charge >= 0.3 is 0 Å². The fourth-order valence-corrected chi connectivity index (χ4v) is 1.95. The van der Waals surface area contributed by atoms with E-state index in [2.05, 4.69) is 26.1 Å². The molecule has 0 aliphatic carbocycles. The van der Waals surface area contributed by atoms with Crippen molar-refractivity contribution in [1.82, 2.24) is 0 Å². The van der Waals surface area contributed by atoms with Crippen molar-refractivity contribution >= 4 is 0 Å². The molecule has 103 valence electrons. The van der Waals surface area contributed by atoms with Crippen LogP contribution in [0, 0.1) is 0 Å². The number of hydrogen-bond acceptors (Lipinski definition) is 0. The second kappa shape index (κ2) is 16.5. The average molecular weight is 277 g/mol. The monoisotopic (exact) mass is 277 g/mol. The van der Waals surface area contributed by atoms with Gasteiger partial charge in [0, 0.05) is 18.6 Å². The molecule has 2 heteroatoms. The molecular weight excluding hydrogens is 245 g/mol. The summed E-state index contributed by atoms with van der Waals surface area (Å²) >= 11 is 0. The number of hydrogen-bond donors (Lipinski definition) is 0. The summed E-state index contributed by atoms with van der Waals surface area (Å²) in [5.41, 5.74) is 0. The van der Waals surface area contributed by atoms with Crippen molar-refractivity contribution in [3.05, 3.63) is 5.32 Å². The summed E-state index contributed by atoms with van der Waals surface area (Å²) < 4.78 is 0. The van der Waals surface area contributed by atoms with E-state index in [9.17, 15) is 0 Å². The number of nitrogens with zero attached hydrogens (tertiary/aromatic N) is 1. The minimum atomic E-state index is 0. The summed E-state index contributed by atoms with van der Waals surface area (Å²) in [5, 5.41) is 4.49. The molecule has 0 unspecified atom stereocenters. The van der Waals surface area contributed by atoms with E-state index < -0.39 is 0 Å². The smallest absolute Gasteiger partial charge is 0 e. The average Bonchev–Trinajstić information content (AvgIpc) is 2.25. The SMILES string of the molecule is CCCCCCCCCCCC[N-]C(C)C.[V]. The quantitative estimate of drug-likeness (QED) is 0.407. The van der Waals surface area contributed by atoms with E-state index in [0.29, 0.717) is 6.04 Å². The summed E-state index contributed by atoms with van der Waals surface area (Å²) in [6.45, 7) is 7.68. The molecule has 0 saturated heterocycles. The first-order valence-corrected chi connectivity index (χ1v) is 7.44. The molecule has 0 aliphatic heterocycles. The molecule has 0 bridgehead atoms. The largest absolute Gasteiger partial charge is 0.660 e. The van der Waals surface area contributed by atoms with Crippen LogP contribution >= 0.6 is 0 Å². The van der Waals surface area contributed by atoms with Crippen LogP contribution in [0.15, 0.2) is 0 Å². The van der Waals surface area contributed by atoms with Crippen LogP contribution in [-0.2, 0) is 18.6 Å². The van der Waals surface area contributed by atoms with Gasteiger partial charge in [-0.15, -0.1) is 12.6 Å². The zero-order valence-electron chi connectivity index (χ0n) is 12.2. The van der Waals surface area contributed by atoms with Gasteiger partial charge in [-0.3, -0.25) is 0 Å². The Morgan fingerprint density at radius 1 is 0.706 bits per heavy atom. The molecule has 0 atom stereocenters. The van der Waals surface area contributed by atoms with Crippen molar-refractivity contribution in [3.63, 3.8) is 0 Å². The Labute approximate surface area is 121 Å². The molecule has 0 N–H and O–H groups in total. The molecule has 0 saturated carbocycles. The van der Waals surface area contributed by atoms with Gasteiger partial charge in [0.1, 0.15) is 0 Å². The Bertz CT molecular complexity index is 126. The first kappa shape index (κ1) is 19.9. The molecule has 0 aromatic heterocycles. The van der Waals surface area contributed by atoms with Crippen LogP contribution in [0.1, 0.15) is 85.0 Å². The first-order valence-electron chi connectivity index (χ1n) is 7.44. The molecule has 0 spiro atoms. The van der Waals surface area contributed by atoms with Crippen molar-refractivity contribution in [3.8, 4) is 0 Å². The number of unbranched alkanes of at least 4 members (excludes halogenated alkanes) is 9. The van der Waals surface area contributed by atoms with Crippen molar-refractivity contribution < 1.29 is 18.6 Å². The van der Waals surface area contributed by atoms with Gasteiger partial charge in [-0.1, -0.05) is 85.0 Å². The zero-order chi connectivity index (χ0) is 12.1. The van der Waals surface area contributed by atoms with Crippen molar-refractivity contribution in [2.45, 2.75) is 91.0 Å². The van der Waals surface area contributed by atoms with Crippen LogP contribution in [0.4, 0.5) is 0 Å². The fraction of sp³-hybridized carbons (Fsp3) is 1.00. The maximum Gasteiger partial charge on any atom is 0 e. The summed E-state index contributed by atoms with van der Waals surface area (Å²) in [5.74, 6) is 0. The second-order valence-corrected chi connectivity index (χ2v) is 5.18. The third kappa shape index (κ3) is 19.1. The molecule has 1 nitrogen and oxygen atoms in total. The van der Waals surface area contributed by atoms with Crippen LogP contribution < -0.4 is 0 Å². The normalized spacial score (nSPS) is 10.6. The minimum Gasteiger partial charge on any atom is -0.660 e. The van der Waals surface area contributed by atoms with Crippen LogP contribution in [-0.4, -0.2) is 12.6 Å². The topological polar surface area (TPSA) is 14.1 Å². The standard InChI is InChI=1S/C15H32N.V/c1-4-5-6-7-8-9-10-11-12-13-14-16-15(2)3;/h15H,4-14H2,1-3H3;/q-1;. The summed E-state index contributed by atoms with van der Waals surface area (Å²) in [7, 11) is 0. The molecule has 0 aromatic carbocycles. The molecule has 0 heterocycles. The van der Waals surface area contributed by atoms with Crippen LogP contribution in [0.2, 0.25) is 0 Å². The third-order valence-electron chi connectivity index (χ3n) is 3.01. The maximum absolute atomic E-state index is 4.49. The fourth-order valence-electron chi connectivity index (χ4n) is 1.95. The van der Waals surface area contributed by atoms with Gasteiger partial charge in [-0.25, -0.2) is 0 Å². The predicted octanol–water partition coefficient (Wildman–Crippen LogP) is 5.69. The van der Waals surface area contributed by atoms with Gasteiger partial charge in [0.05, 0.1) is 0 Å². The van der Waals surface area contributed by atoms with Gasteiger partial charge in [0.2, 0.25) is 0 Å². The van der Waals surface area contributed by atoms with E-state index >= 15 is 0 Å². The van der Waals surface area contributed by atoms with Gasteiger partial charge in [0.15, 0.2) is 0 Å². The Morgan fingerprint density at radius 2 is 1.12 bits per heavy atom. The minimum absolute atomic E-state index is 0. The van der Waals surface area contributed by atoms with Gasteiger partial charge < -0.3 is 5.32 Å². The molecule has 17 heavy (non-hydrogen) atoms. The molecule has 0 rings (SSSR count). The van der Waals surface area contributed by atoms with Crippen molar-refractivity contribution in [2.24, 2.45) is 0 Å². The molecular formula is C15H32NV-. The maximum atomic E-state index is 4.49. The first-order chi connectivity index (χ1) is 7.77. The van der Waals surface area contributed by atoms with Crippen molar-refractivity contribution in [2.75, 3.05) is 6.54 Å². The van der Waals surface area contributed by atoms with E-state index in [1.165, 1.54) is 64.2 Å². The molecule has 0 fully saturated rings. The Morgan fingerprint density at radius 3 is 1.53 bits per heavy atom. The van der Waals surface area contributed by atoms with E-state index in [4.69, 9.17) is 0 Å². The van der Waals surface area contributed by atoms with E-state index in [-0.39, 0.29) is 18.6 Å². The second-order valence-electron chi connectivity index (χ2n) is 5.18. The Kier molecular flexibility index (Phi) is 19.3. The van der Waals surface area contributed by atoms with Gasteiger partial charge in [-0.05, 0) is 0 Å². The Balaban J connectivity index is 0. The zero-order valence-corrected chi connectivity index (χ0v) is 13.6. The predicted molar refractivity (Wildman–Crippen MR) is 75.2 cm³/mol. The third-order valence-corrected chi connectivity index (χ3v) is 3.01. The molecule has 1 radical (unpaired) electrons. The summed E-state index contributed by atoms with van der Waals surface area (Å²) in [6, 6.07) is 0.526. The van der Waals surface area contributed by atoms with Gasteiger partial charge in [-0.2, -0.15) is 0 Å². The van der Waals surface area contributed by atoms with E-state index in [0.717, 1.165) is 6.54 Å². The van der Waals surface area contributed by atoms with Crippen LogP contribution in [0.25, 0.3) is 5.32 Å². The molecule has 0 aromatic rings. The summed E-state index contributed by atoms with van der Waals surface area (Å²) in [4.78, 5) is 0. The van der Waals surface area contributed by atoms with Crippen LogP contribution in [0.3, 0.4) is 0 Å². The molecule has 0 amide bonds. The van der Waals surface area contributed by atoms with Crippen molar-refractivity contribution in [1.29, 1.82) is 0 Å². The number of rotatable bonds is 12. The van der Waals surface area contributed by atoms with Crippen LogP contribution in [0.5, 0.6) is 0 Å². The Hall–Kier alpha value is 0.544. The molecule has 0 aliphatic rings. The van der Waals surface area contributed by atoms with E-state index in [1.807, 2.05) is 0 Å². The van der Waals surface area contributed by atoms with E-state index in [1.54, 1.807) is 0 Å².